The number of rotatable bonds is 8. The predicted octanol–water partition coefficient (Wildman–Crippen LogP) is 3.04. The van der Waals surface area contributed by atoms with Gasteiger partial charge in [0.2, 0.25) is 0 Å². The number of carboxylic acid groups (broad SMARTS) is 1. The summed E-state index contributed by atoms with van der Waals surface area (Å²) in [4.78, 5) is 22.5. The lowest BCUT2D eigenvalue weighted by Crippen LogP contribution is -2.25. The Balaban J connectivity index is 2.94. The minimum absolute atomic E-state index is 0.189. The zero-order valence-electron chi connectivity index (χ0n) is 13.5. The highest BCUT2D eigenvalue weighted by Crippen LogP contribution is 2.25. The molecule has 0 radical (unpaired) electrons. The lowest BCUT2D eigenvalue weighted by atomic mass is 10.2. The molecule has 118 valence electrons. The average molecular weight is 311 g/mol. The molecule has 0 aromatic carbocycles. The number of hydrogen-bond donors (Lipinski definition) is 1. The fourth-order valence-electron chi connectivity index (χ4n) is 1.99. The molecule has 0 aliphatic heterocycles. The van der Waals surface area contributed by atoms with Gasteiger partial charge in [0.25, 0.3) is 0 Å². The number of carboxylic acids is 1. The Kier molecular flexibility index (Phi) is 7.11. The fourth-order valence-corrected chi connectivity index (χ4v) is 3.07. The zero-order chi connectivity index (χ0) is 16.0. The summed E-state index contributed by atoms with van der Waals surface area (Å²) >= 11 is 1.51. The third-order valence-electron chi connectivity index (χ3n) is 3.35. The highest BCUT2D eigenvalue weighted by atomic mass is 32.2. The fraction of sp³-hybridized carbons (Fsp3) is 0.667. The van der Waals surface area contributed by atoms with Crippen molar-refractivity contribution in [2.24, 2.45) is 0 Å². The molecule has 0 amide bonds. The van der Waals surface area contributed by atoms with Crippen LogP contribution in [0.25, 0.3) is 0 Å². The van der Waals surface area contributed by atoms with Crippen LogP contribution in [0.15, 0.2) is 5.03 Å². The van der Waals surface area contributed by atoms with Gasteiger partial charge >= 0.3 is 5.97 Å². The quantitative estimate of drug-likeness (QED) is 0.588. The second-order valence-corrected chi connectivity index (χ2v) is 6.27. The molecule has 0 atom stereocenters. The van der Waals surface area contributed by atoms with E-state index in [0.29, 0.717) is 16.5 Å². The van der Waals surface area contributed by atoms with E-state index >= 15 is 0 Å². The summed E-state index contributed by atoms with van der Waals surface area (Å²) in [6, 6.07) is 0. The summed E-state index contributed by atoms with van der Waals surface area (Å²) in [5.74, 6) is 0.778. The molecule has 0 aliphatic carbocycles. The SMILES string of the molecule is CCN(CC)CCSc1nc(C(C)C)nc(C)c1C(=O)O. The van der Waals surface area contributed by atoms with E-state index in [1.165, 1.54) is 11.8 Å². The van der Waals surface area contributed by atoms with Crippen LogP contribution in [0.2, 0.25) is 0 Å². The van der Waals surface area contributed by atoms with Crippen molar-refractivity contribution in [2.75, 3.05) is 25.4 Å². The number of aromatic nitrogens is 2. The lowest BCUT2D eigenvalue weighted by Gasteiger charge is -2.18. The molecule has 1 N–H and O–H groups in total. The van der Waals surface area contributed by atoms with Crippen molar-refractivity contribution in [3.63, 3.8) is 0 Å². The van der Waals surface area contributed by atoms with E-state index in [2.05, 4.69) is 28.7 Å². The monoisotopic (exact) mass is 311 g/mol. The molecule has 5 nitrogen and oxygen atoms in total. The van der Waals surface area contributed by atoms with Crippen LogP contribution in [0.1, 0.15) is 55.5 Å². The topological polar surface area (TPSA) is 66.3 Å². The minimum atomic E-state index is -0.951. The van der Waals surface area contributed by atoms with E-state index < -0.39 is 5.97 Å². The third kappa shape index (κ3) is 4.97. The van der Waals surface area contributed by atoms with Crippen molar-refractivity contribution >= 4 is 17.7 Å². The van der Waals surface area contributed by atoms with Crippen LogP contribution in [0.4, 0.5) is 0 Å². The highest BCUT2D eigenvalue weighted by molar-refractivity contribution is 7.99. The number of carbonyl (C=O) groups is 1. The van der Waals surface area contributed by atoms with Crippen LogP contribution in [-0.2, 0) is 0 Å². The van der Waals surface area contributed by atoms with Gasteiger partial charge in [-0.1, -0.05) is 27.7 Å². The van der Waals surface area contributed by atoms with Crippen LogP contribution in [-0.4, -0.2) is 51.3 Å². The normalized spacial score (nSPS) is 11.4. The van der Waals surface area contributed by atoms with Gasteiger partial charge in [-0.2, -0.15) is 0 Å². The third-order valence-corrected chi connectivity index (χ3v) is 4.30. The van der Waals surface area contributed by atoms with Crippen molar-refractivity contribution in [1.82, 2.24) is 14.9 Å². The molecule has 0 unspecified atom stereocenters. The van der Waals surface area contributed by atoms with Gasteiger partial charge in [-0.15, -0.1) is 11.8 Å². The molecule has 0 bridgehead atoms. The van der Waals surface area contributed by atoms with Crippen LogP contribution < -0.4 is 0 Å². The molecule has 0 spiro atoms. The Morgan fingerprint density at radius 2 is 1.90 bits per heavy atom. The molecule has 1 rings (SSSR count). The van der Waals surface area contributed by atoms with E-state index in [0.717, 1.165) is 25.4 Å². The predicted molar refractivity (Wildman–Crippen MR) is 86.3 cm³/mol. The van der Waals surface area contributed by atoms with Crippen molar-refractivity contribution in [3.05, 3.63) is 17.1 Å². The molecule has 21 heavy (non-hydrogen) atoms. The first-order valence-corrected chi connectivity index (χ1v) is 8.36. The number of hydrogen-bond acceptors (Lipinski definition) is 5. The maximum atomic E-state index is 11.4. The van der Waals surface area contributed by atoms with Crippen molar-refractivity contribution in [1.29, 1.82) is 0 Å². The molecule has 1 heterocycles. The zero-order valence-corrected chi connectivity index (χ0v) is 14.3. The number of thioether (sulfide) groups is 1. The Hall–Kier alpha value is -1.14. The van der Waals surface area contributed by atoms with E-state index in [1.54, 1.807) is 6.92 Å². The first-order chi connectivity index (χ1) is 9.90. The van der Waals surface area contributed by atoms with Gasteiger partial charge in [-0.3, -0.25) is 0 Å². The van der Waals surface area contributed by atoms with Gasteiger partial charge in [0.05, 0.1) is 5.69 Å². The van der Waals surface area contributed by atoms with Crippen LogP contribution >= 0.6 is 11.8 Å². The Labute approximate surface area is 131 Å². The molecule has 6 heteroatoms. The first kappa shape index (κ1) is 17.9. The molecule has 1 aromatic heterocycles. The Morgan fingerprint density at radius 3 is 2.38 bits per heavy atom. The smallest absolute Gasteiger partial charge is 0.340 e. The van der Waals surface area contributed by atoms with Gasteiger partial charge in [0.1, 0.15) is 16.4 Å². The summed E-state index contributed by atoms with van der Waals surface area (Å²) in [7, 11) is 0. The molecule has 0 fully saturated rings. The van der Waals surface area contributed by atoms with Gasteiger partial charge < -0.3 is 10.0 Å². The van der Waals surface area contributed by atoms with Gasteiger partial charge in [0, 0.05) is 18.2 Å². The Morgan fingerprint density at radius 1 is 1.29 bits per heavy atom. The molecule has 0 saturated heterocycles. The van der Waals surface area contributed by atoms with Crippen molar-refractivity contribution in [3.8, 4) is 0 Å². The van der Waals surface area contributed by atoms with Crippen molar-refractivity contribution in [2.45, 2.75) is 45.6 Å². The molecule has 1 aromatic rings. The molecular weight excluding hydrogens is 286 g/mol. The number of nitrogens with zero attached hydrogens (tertiary/aromatic N) is 3. The number of aromatic carboxylic acids is 1. The van der Waals surface area contributed by atoms with Gasteiger partial charge in [-0.05, 0) is 20.0 Å². The maximum Gasteiger partial charge on any atom is 0.340 e. The van der Waals surface area contributed by atoms with Crippen LogP contribution in [0, 0.1) is 6.92 Å². The first-order valence-electron chi connectivity index (χ1n) is 7.37. The average Bonchev–Trinajstić information content (AvgIpc) is 2.42. The molecule has 0 saturated carbocycles. The van der Waals surface area contributed by atoms with E-state index in [4.69, 9.17) is 0 Å². The van der Waals surface area contributed by atoms with Crippen LogP contribution in [0.3, 0.4) is 0 Å². The van der Waals surface area contributed by atoms with Crippen molar-refractivity contribution < 1.29 is 9.90 Å². The standard InChI is InChI=1S/C15H25N3O2S/c1-6-18(7-2)8-9-21-14-12(15(19)20)11(5)16-13(17-14)10(3)4/h10H,6-9H2,1-5H3,(H,19,20). The summed E-state index contributed by atoms with van der Waals surface area (Å²) in [6.45, 7) is 13.0. The summed E-state index contributed by atoms with van der Waals surface area (Å²) in [5, 5.41) is 9.96. The Bertz CT molecular complexity index is 488. The summed E-state index contributed by atoms with van der Waals surface area (Å²) in [5.41, 5.74) is 0.787. The highest BCUT2D eigenvalue weighted by Gasteiger charge is 2.19. The largest absolute Gasteiger partial charge is 0.478 e. The maximum absolute atomic E-state index is 11.4. The van der Waals surface area contributed by atoms with Gasteiger partial charge in [-0.25, -0.2) is 14.8 Å². The minimum Gasteiger partial charge on any atom is -0.478 e. The van der Waals surface area contributed by atoms with E-state index in [1.807, 2.05) is 13.8 Å². The van der Waals surface area contributed by atoms with E-state index in [9.17, 15) is 9.90 Å². The van der Waals surface area contributed by atoms with Gasteiger partial charge in [0.15, 0.2) is 0 Å². The second-order valence-electron chi connectivity index (χ2n) is 5.18. The van der Waals surface area contributed by atoms with Crippen LogP contribution in [0.5, 0.6) is 0 Å². The molecule has 0 aliphatic rings. The number of aryl methyl sites for hydroxylation is 1. The lowest BCUT2D eigenvalue weighted by molar-refractivity contribution is 0.0690. The molecular formula is C15H25N3O2S. The summed E-state index contributed by atoms with van der Waals surface area (Å²) in [6.07, 6.45) is 0. The second kappa shape index (κ2) is 8.34. The van der Waals surface area contributed by atoms with E-state index in [-0.39, 0.29) is 11.5 Å². The summed E-state index contributed by atoms with van der Waals surface area (Å²) < 4.78 is 0.